The predicted octanol–water partition coefficient (Wildman–Crippen LogP) is 8.65. The highest BCUT2D eigenvalue weighted by atomic mass is 31.1. The van der Waals surface area contributed by atoms with Crippen LogP contribution in [-0.4, -0.2) is 87.6 Å². The van der Waals surface area contributed by atoms with Crippen LogP contribution in [0.25, 0.3) is 18.0 Å². The Morgan fingerprint density at radius 1 is 0.922 bits per heavy atom. The lowest BCUT2D eigenvalue weighted by Gasteiger charge is -2.34. The van der Waals surface area contributed by atoms with Crippen molar-refractivity contribution in [3.63, 3.8) is 0 Å². The molecule has 2 aromatic carbocycles. The average Bonchev–Trinajstić information content (AvgIpc) is 3.54. The molecule has 2 aliphatic rings. The molecule has 0 saturated carbocycles. The first-order chi connectivity index (χ1) is 24.6. The van der Waals surface area contributed by atoms with Crippen molar-refractivity contribution in [2.24, 2.45) is 4.99 Å². The van der Waals surface area contributed by atoms with Gasteiger partial charge in [-0.05, 0) is 80.6 Å². The van der Waals surface area contributed by atoms with Gasteiger partial charge in [0.25, 0.3) is 0 Å². The molecule has 8 heteroatoms. The molecule has 270 valence electrons. The van der Waals surface area contributed by atoms with Crippen molar-refractivity contribution in [3.05, 3.63) is 131 Å². The Bertz CT molecular complexity index is 1760. The van der Waals surface area contributed by atoms with Crippen LogP contribution in [0.1, 0.15) is 66.8 Å². The van der Waals surface area contributed by atoms with Crippen LogP contribution in [0.2, 0.25) is 0 Å². The highest BCUT2D eigenvalue weighted by molar-refractivity contribution is 7.52. The number of aliphatic imine (C=N–C) groups is 1. The van der Waals surface area contributed by atoms with E-state index in [0.717, 1.165) is 79.6 Å². The maximum Gasteiger partial charge on any atom is 0.121 e. The Morgan fingerprint density at radius 3 is 2.14 bits per heavy atom. The quantitative estimate of drug-likeness (QED) is 0.0901. The van der Waals surface area contributed by atoms with E-state index in [1.54, 1.807) is 0 Å². The van der Waals surface area contributed by atoms with Crippen LogP contribution in [0.3, 0.4) is 0 Å². The third-order valence-electron chi connectivity index (χ3n) is 10.0. The van der Waals surface area contributed by atoms with Crippen molar-refractivity contribution in [2.45, 2.75) is 59.7 Å². The lowest BCUT2D eigenvalue weighted by Crippen LogP contribution is -2.42. The van der Waals surface area contributed by atoms with Gasteiger partial charge < -0.3 is 9.80 Å². The van der Waals surface area contributed by atoms with E-state index in [1.165, 1.54) is 36.0 Å². The molecule has 3 heterocycles. The first-order valence-corrected chi connectivity index (χ1v) is 20.5. The van der Waals surface area contributed by atoms with E-state index in [4.69, 9.17) is 10.1 Å². The van der Waals surface area contributed by atoms with Crippen LogP contribution in [0.4, 0.5) is 0 Å². The van der Waals surface area contributed by atoms with Gasteiger partial charge in [0.1, 0.15) is 5.82 Å². The monoisotopic (exact) mass is 703 g/mol. The second-order valence-corrected chi connectivity index (χ2v) is 16.1. The van der Waals surface area contributed by atoms with Crippen molar-refractivity contribution in [3.8, 4) is 0 Å². The van der Waals surface area contributed by atoms with E-state index in [2.05, 4.69) is 140 Å². The Hall–Kier alpha value is -4.16. The number of nitrogens with zero attached hydrogens (tertiary/aromatic N) is 7. The summed E-state index contributed by atoms with van der Waals surface area (Å²) >= 11 is 0. The maximum absolute atomic E-state index is 5.15. The van der Waals surface area contributed by atoms with E-state index < -0.39 is 7.70 Å². The zero-order valence-electron chi connectivity index (χ0n) is 31.4. The van der Waals surface area contributed by atoms with Crippen molar-refractivity contribution in [1.29, 1.82) is 0 Å². The Labute approximate surface area is 308 Å². The van der Waals surface area contributed by atoms with Gasteiger partial charge in [-0.2, -0.15) is 5.10 Å². The normalized spacial score (nSPS) is 17.1. The fraction of sp³-hybridized carbons (Fsp3) is 0.372. The van der Waals surface area contributed by atoms with Crippen molar-refractivity contribution in [1.82, 2.24) is 29.2 Å². The smallest absolute Gasteiger partial charge is 0.121 e. The highest BCUT2D eigenvalue weighted by Crippen LogP contribution is 2.27. The van der Waals surface area contributed by atoms with Crippen LogP contribution < -0.4 is 0 Å². The van der Waals surface area contributed by atoms with Gasteiger partial charge in [0.15, 0.2) is 0 Å². The van der Waals surface area contributed by atoms with Crippen LogP contribution in [-0.2, 0) is 19.6 Å². The lowest BCUT2D eigenvalue weighted by atomic mass is 10.1. The largest absolute Gasteiger partial charge is 0.370 e. The number of piperazine rings is 1. The van der Waals surface area contributed by atoms with Gasteiger partial charge in [0.05, 0.1) is 17.1 Å². The molecule has 2 saturated heterocycles. The third-order valence-corrected chi connectivity index (χ3v) is 11.5. The molecular formula is C43H58N7P. The molecule has 2 fully saturated rings. The minimum atomic E-state index is -0.642. The second-order valence-electron chi connectivity index (χ2n) is 14.0. The summed E-state index contributed by atoms with van der Waals surface area (Å²) in [5.41, 5.74) is 10.1. The van der Waals surface area contributed by atoms with Crippen molar-refractivity contribution < 1.29 is 0 Å². The minimum Gasteiger partial charge on any atom is -0.370 e. The molecule has 7 nitrogen and oxygen atoms in total. The predicted molar refractivity (Wildman–Crippen MR) is 223 cm³/mol. The third kappa shape index (κ3) is 10.7. The first kappa shape index (κ1) is 38.1. The first-order valence-electron chi connectivity index (χ1n) is 18.4. The number of allylic oxidation sites excluding steroid dienone is 3. The number of hydrogen-bond donors (Lipinski definition) is 0. The van der Waals surface area contributed by atoms with Gasteiger partial charge in [-0.15, -0.1) is 0 Å². The van der Waals surface area contributed by atoms with Crippen LogP contribution >= 0.6 is 7.70 Å². The van der Waals surface area contributed by atoms with Gasteiger partial charge in [-0.3, -0.25) is 9.57 Å². The number of rotatable bonds is 15. The zero-order valence-corrected chi connectivity index (χ0v) is 32.4. The molecule has 0 spiro atoms. The summed E-state index contributed by atoms with van der Waals surface area (Å²) in [5, 5.41) is 5.15. The number of likely N-dealkylation sites (tertiary alicyclic amines) is 1. The van der Waals surface area contributed by atoms with E-state index in [0.29, 0.717) is 18.9 Å². The molecule has 1 aromatic heterocycles. The summed E-state index contributed by atoms with van der Waals surface area (Å²) in [4.78, 5) is 12.1. The summed E-state index contributed by atoms with van der Waals surface area (Å²) in [7, 11) is -0.642. The number of aromatic nitrogens is 2. The maximum atomic E-state index is 5.15. The van der Waals surface area contributed by atoms with Crippen molar-refractivity contribution in [2.75, 3.05) is 45.9 Å². The van der Waals surface area contributed by atoms with E-state index >= 15 is 0 Å². The molecule has 3 aromatic rings. The van der Waals surface area contributed by atoms with E-state index in [1.807, 2.05) is 17.0 Å². The van der Waals surface area contributed by atoms with E-state index in [-0.39, 0.29) is 0 Å². The second kappa shape index (κ2) is 18.4. The Kier molecular flexibility index (Phi) is 13.7. The minimum absolute atomic E-state index is 0.642. The fourth-order valence-electron chi connectivity index (χ4n) is 6.70. The number of piperidine rings is 1. The number of benzene rings is 2. The molecule has 1 unspecified atom stereocenters. The molecule has 0 aliphatic carbocycles. The molecule has 0 N–H and O–H groups in total. The SMILES string of the molecule is C=Cc1ccc(CN(Cc2ccc(C)cc2)C(=C)\N=C/C(=C\C)C(/C)=C/n2nc(CN3CCN([PH](=C)C)CC3)cc2C(=C)N2CCCCC2)cc1. The van der Waals surface area contributed by atoms with Crippen LogP contribution in [0.5, 0.6) is 0 Å². The number of aryl methyl sites for hydroxylation is 1. The molecule has 1 atom stereocenters. The summed E-state index contributed by atoms with van der Waals surface area (Å²) in [5.74, 6) is 0.714. The summed E-state index contributed by atoms with van der Waals surface area (Å²) < 4.78 is 4.59. The van der Waals surface area contributed by atoms with Crippen LogP contribution in [0, 0.1) is 6.92 Å². The van der Waals surface area contributed by atoms with Gasteiger partial charge in [0, 0.05) is 71.3 Å². The zero-order chi connectivity index (χ0) is 36.3. The standard InChI is InChI=1S/C43H58N7P/c1-9-38-18-20-40(21-19-38)32-48(31-39-16-14-34(3)15-17-39)37(6)44-29-41(10-2)35(4)30-50-43(36(5)47-22-12-11-13-23-47)28-42(45-50)33-46-24-26-49(27-25-46)51(7)8/h9-10,14-21,28-30,51H,1,5-7,11-13,22-27,31-33H2,2-4,8H3/b35-30+,41-10+,44-29-. The fourth-order valence-corrected chi connectivity index (χ4v) is 7.66. The molecule has 51 heavy (non-hydrogen) atoms. The van der Waals surface area contributed by atoms with Gasteiger partial charge >= 0.3 is 0 Å². The molecule has 5 rings (SSSR count). The van der Waals surface area contributed by atoms with Gasteiger partial charge in [-0.1, -0.05) is 100.0 Å². The molecule has 0 radical (unpaired) electrons. The molecular weight excluding hydrogens is 645 g/mol. The summed E-state index contributed by atoms with van der Waals surface area (Å²) in [6, 6.07) is 19.4. The summed E-state index contributed by atoms with van der Waals surface area (Å²) in [6.45, 7) is 30.1. The molecule has 0 bridgehead atoms. The molecule has 0 amide bonds. The highest BCUT2D eigenvalue weighted by Gasteiger charge is 2.21. The van der Waals surface area contributed by atoms with Gasteiger partial charge in [-0.25, -0.2) is 9.67 Å². The van der Waals surface area contributed by atoms with Crippen molar-refractivity contribution >= 4 is 38.2 Å². The Morgan fingerprint density at radius 2 is 1.55 bits per heavy atom. The average molecular weight is 704 g/mol. The lowest BCUT2D eigenvalue weighted by molar-refractivity contribution is 0.185. The van der Waals surface area contributed by atoms with Crippen LogP contribution in [0.15, 0.2) is 102 Å². The Balaban J connectivity index is 1.36. The number of hydrogen-bond acceptors (Lipinski definition) is 6. The molecule has 2 aliphatic heterocycles. The summed E-state index contributed by atoms with van der Waals surface area (Å²) in [6.07, 6.45) is 16.1. The van der Waals surface area contributed by atoms with Gasteiger partial charge in [0.2, 0.25) is 0 Å². The topological polar surface area (TPSA) is 43.1 Å². The van der Waals surface area contributed by atoms with E-state index in [9.17, 15) is 0 Å².